The van der Waals surface area contributed by atoms with E-state index in [1.54, 1.807) is 5.57 Å². The molecule has 0 aromatic rings. The summed E-state index contributed by atoms with van der Waals surface area (Å²) in [5.74, 6) is 2.21. The fourth-order valence-electron chi connectivity index (χ4n) is 2.91. The maximum atomic E-state index is 9.80. The van der Waals surface area contributed by atoms with Crippen molar-refractivity contribution in [2.75, 3.05) is 0 Å². The Bertz CT molecular complexity index is 300. The Morgan fingerprint density at radius 2 is 2.31 bits per heavy atom. The van der Waals surface area contributed by atoms with Crippen LogP contribution in [0.2, 0.25) is 0 Å². The largest absolute Gasteiger partial charge is 0.388 e. The van der Waals surface area contributed by atoms with Crippen LogP contribution in [0.3, 0.4) is 0 Å². The number of hydrogen-bond acceptors (Lipinski definition) is 1. The highest BCUT2D eigenvalue weighted by Crippen LogP contribution is 2.59. The van der Waals surface area contributed by atoms with Crippen molar-refractivity contribution in [2.24, 2.45) is 17.8 Å². The van der Waals surface area contributed by atoms with Gasteiger partial charge >= 0.3 is 0 Å². The van der Waals surface area contributed by atoms with E-state index in [0.717, 1.165) is 18.3 Å². The SMILES string of the molecule is CCC1C=C2C(=CC1O)CC1CC21. The van der Waals surface area contributed by atoms with Gasteiger partial charge in [-0.3, -0.25) is 0 Å². The summed E-state index contributed by atoms with van der Waals surface area (Å²) >= 11 is 0. The molecule has 70 valence electrons. The van der Waals surface area contributed by atoms with Gasteiger partial charge < -0.3 is 5.11 Å². The van der Waals surface area contributed by atoms with Crippen molar-refractivity contribution in [1.29, 1.82) is 0 Å². The summed E-state index contributed by atoms with van der Waals surface area (Å²) in [6.45, 7) is 2.16. The molecule has 0 radical (unpaired) electrons. The monoisotopic (exact) mass is 176 g/mol. The molecule has 0 spiro atoms. The van der Waals surface area contributed by atoms with E-state index < -0.39 is 0 Å². The maximum absolute atomic E-state index is 9.80. The standard InChI is InChI=1S/C12H16O/c1-2-7-4-10-9(6-12(7)13)3-8-5-11(8)10/h4,6-8,11-13H,2-3,5H2,1H3. The molecule has 1 N–H and O–H groups in total. The van der Waals surface area contributed by atoms with E-state index >= 15 is 0 Å². The van der Waals surface area contributed by atoms with Crippen LogP contribution in [0.4, 0.5) is 0 Å². The van der Waals surface area contributed by atoms with Gasteiger partial charge in [0, 0.05) is 5.92 Å². The van der Waals surface area contributed by atoms with Crippen molar-refractivity contribution in [3.8, 4) is 0 Å². The molecule has 1 nitrogen and oxygen atoms in total. The second kappa shape index (κ2) is 2.48. The van der Waals surface area contributed by atoms with Gasteiger partial charge in [-0.15, -0.1) is 0 Å². The highest BCUT2D eigenvalue weighted by molar-refractivity contribution is 5.46. The fourth-order valence-corrected chi connectivity index (χ4v) is 2.91. The third-order valence-electron chi connectivity index (χ3n) is 3.85. The molecule has 4 atom stereocenters. The Hall–Kier alpha value is -0.560. The number of fused-ring (bicyclic) bond motifs is 3. The Kier molecular flexibility index (Phi) is 1.49. The number of aliphatic hydroxyl groups is 1. The van der Waals surface area contributed by atoms with Crippen LogP contribution in [-0.4, -0.2) is 11.2 Å². The maximum Gasteiger partial charge on any atom is 0.0789 e. The molecule has 3 rings (SSSR count). The van der Waals surface area contributed by atoms with Crippen molar-refractivity contribution in [3.05, 3.63) is 23.3 Å². The molecular weight excluding hydrogens is 160 g/mol. The number of rotatable bonds is 1. The molecule has 2 saturated carbocycles. The van der Waals surface area contributed by atoms with Gasteiger partial charge in [0.05, 0.1) is 6.10 Å². The predicted molar refractivity (Wildman–Crippen MR) is 52.2 cm³/mol. The Labute approximate surface area is 79.2 Å². The van der Waals surface area contributed by atoms with Gasteiger partial charge in [0.2, 0.25) is 0 Å². The Morgan fingerprint density at radius 3 is 3.08 bits per heavy atom. The van der Waals surface area contributed by atoms with Gasteiger partial charge in [-0.05, 0) is 42.2 Å². The average molecular weight is 176 g/mol. The second-order valence-electron chi connectivity index (χ2n) is 4.68. The molecular formula is C12H16O. The van der Waals surface area contributed by atoms with Gasteiger partial charge in [-0.25, -0.2) is 0 Å². The highest BCUT2D eigenvalue weighted by Gasteiger charge is 2.48. The minimum atomic E-state index is -0.207. The second-order valence-corrected chi connectivity index (χ2v) is 4.68. The minimum Gasteiger partial charge on any atom is -0.388 e. The van der Waals surface area contributed by atoms with E-state index in [1.165, 1.54) is 18.4 Å². The molecule has 4 unspecified atom stereocenters. The number of aliphatic hydroxyl groups excluding tert-OH is 1. The fraction of sp³-hybridized carbons (Fsp3) is 0.667. The molecule has 3 aliphatic rings. The molecule has 0 aliphatic heterocycles. The lowest BCUT2D eigenvalue weighted by molar-refractivity contribution is 0.170. The molecule has 0 bridgehead atoms. The zero-order valence-electron chi connectivity index (χ0n) is 8.03. The van der Waals surface area contributed by atoms with Crippen molar-refractivity contribution >= 4 is 0 Å². The van der Waals surface area contributed by atoms with Crippen molar-refractivity contribution < 1.29 is 5.11 Å². The van der Waals surface area contributed by atoms with E-state index in [-0.39, 0.29) is 6.10 Å². The molecule has 3 aliphatic carbocycles. The Balaban J connectivity index is 1.94. The summed E-state index contributed by atoms with van der Waals surface area (Å²) in [5, 5.41) is 9.80. The van der Waals surface area contributed by atoms with Crippen LogP contribution < -0.4 is 0 Å². The predicted octanol–water partition coefficient (Wildman–Crippen LogP) is 2.28. The summed E-state index contributed by atoms with van der Waals surface area (Å²) in [7, 11) is 0. The van der Waals surface area contributed by atoms with Gasteiger partial charge in [0.1, 0.15) is 0 Å². The molecule has 0 aromatic heterocycles. The van der Waals surface area contributed by atoms with Crippen LogP contribution >= 0.6 is 0 Å². The van der Waals surface area contributed by atoms with E-state index in [2.05, 4.69) is 19.1 Å². The third kappa shape index (κ3) is 1.03. The number of allylic oxidation sites excluding steroid dienone is 2. The van der Waals surface area contributed by atoms with E-state index in [4.69, 9.17) is 0 Å². The van der Waals surface area contributed by atoms with Gasteiger partial charge in [-0.1, -0.05) is 19.1 Å². The quantitative estimate of drug-likeness (QED) is 0.650. The lowest BCUT2D eigenvalue weighted by atomic mass is 9.86. The van der Waals surface area contributed by atoms with Crippen LogP contribution in [0.1, 0.15) is 26.2 Å². The molecule has 0 amide bonds. The summed E-state index contributed by atoms with van der Waals surface area (Å²) in [4.78, 5) is 0. The third-order valence-corrected chi connectivity index (χ3v) is 3.85. The molecule has 0 aromatic carbocycles. The lowest BCUT2D eigenvalue weighted by Crippen LogP contribution is -2.20. The summed E-state index contributed by atoms with van der Waals surface area (Å²) in [6, 6.07) is 0. The summed E-state index contributed by atoms with van der Waals surface area (Å²) in [5.41, 5.74) is 3.04. The van der Waals surface area contributed by atoms with Crippen molar-refractivity contribution in [3.63, 3.8) is 0 Å². The van der Waals surface area contributed by atoms with Crippen LogP contribution in [-0.2, 0) is 0 Å². The average Bonchev–Trinajstić information content (AvgIpc) is 2.78. The van der Waals surface area contributed by atoms with Gasteiger partial charge in [0.15, 0.2) is 0 Å². The molecule has 2 fully saturated rings. The van der Waals surface area contributed by atoms with E-state index in [1.807, 2.05) is 0 Å². The van der Waals surface area contributed by atoms with E-state index in [9.17, 15) is 5.11 Å². The first kappa shape index (κ1) is 7.81. The molecule has 13 heavy (non-hydrogen) atoms. The minimum absolute atomic E-state index is 0.207. The molecule has 0 heterocycles. The zero-order valence-corrected chi connectivity index (χ0v) is 8.03. The van der Waals surface area contributed by atoms with E-state index in [0.29, 0.717) is 5.92 Å². The lowest BCUT2D eigenvalue weighted by Gasteiger charge is -2.23. The highest BCUT2D eigenvalue weighted by atomic mass is 16.3. The van der Waals surface area contributed by atoms with Crippen molar-refractivity contribution in [2.45, 2.75) is 32.3 Å². The van der Waals surface area contributed by atoms with Crippen LogP contribution in [0.15, 0.2) is 23.3 Å². The van der Waals surface area contributed by atoms with Crippen LogP contribution in [0.25, 0.3) is 0 Å². The first-order valence-corrected chi connectivity index (χ1v) is 5.40. The first-order chi connectivity index (χ1) is 6.29. The summed E-state index contributed by atoms with van der Waals surface area (Å²) in [6.07, 6.45) is 7.96. The van der Waals surface area contributed by atoms with Crippen LogP contribution in [0.5, 0.6) is 0 Å². The normalized spacial score (nSPS) is 46.3. The Morgan fingerprint density at radius 1 is 1.46 bits per heavy atom. The first-order valence-electron chi connectivity index (χ1n) is 5.40. The van der Waals surface area contributed by atoms with Gasteiger partial charge in [-0.2, -0.15) is 0 Å². The van der Waals surface area contributed by atoms with Crippen LogP contribution in [0, 0.1) is 17.8 Å². The molecule has 0 saturated heterocycles. The zero-order chi connectivity index (χ0) is 9.00. The number of hydrogen-bond donors (Lipinski definition) is 1. The summed E-state index contributed by atoms with van der Waals surface area (Å²) < 4.78 is 0. The smallest absolute Gasteiger partial charge is 0.0789 e. The van der Waals surface area contributed by atoms with Crippen molar-refractivity contribution in [1.82, 2.24) is 0 Å². The van der Waals surface area contributed by atoms with Gasteiger partial charge in [0.25, 0.3) is 0 Å². The molecule has 1 heteroatoms. The topological polar surface area (TPSA) is 20.2 Å².